The van der Waals surface area contributed by atoms with E-state index in [1.54, 1.807) is 0 Å². The highest BCUT2D eigenvalue weighted by molar-refractivity contribution is 6.15. The van der Waals surface area contributed by atoms with Gasteiger partial charge < -0.3 is 4.52 Å². The zero-order chi connectivity index (χ0) is 12.4. The maximum absolute atomic E-state index is 11.7. The number of amides is 4. The Bertz CT molecular complexity index is 456. The molecule has 8 nitrogen and oxygen atoms in total. The van der Waals surface area contributed by atoms with E-state index in [-0.39, 0.29) is 13.0 Å². The van der Waals surface area contributed by atoms with Crippen molar-refractivity contribution < 1.29 is 18.9 Å². The molecule has 4 amide bonds. The molecule has 1 N–H and O–H groups in total. The number of hydrogen-bond acceptors (Lipinski definition) is 6. The average molecular weight is 238 g/mol. The van der Waals surface area contributed by atoms with Gasteiger partial charge in [0.2, 0.25) is 18.2 Å². The first kappa shape index (κ1) is 11.2. The number of carbonyl (C=O) groups excluding carboxylic acids is 3. The van der Waals surface area contributed by atoms with Gasteiger partial charge in [0.25, 0.3) is 0 Å². The van der Waals surface area contributed by atoms with Crippen molar-refractivity contribution in [3.63, 3.8) is 0 Å². The summed E-state index contributed by atoms with van der Waals surface area (Å²) in [7, 11) is 0. The molecule has 2 rings (SSSR count). The highest BCUT2D eigenvalue weighted by Crippen LogP contribution is 2.10. The summed E-state index contributed by atoms with van der Waals surface area (Å²) in [5, 5.41) is 5.66. The van der Waals surface area contributed by atoms with E-state index in [4.69, 9.17) is 0 Å². The molecule has 1 aromatic heterocycles. The predicted octanol–water partition coefficient (Wildman–Crippen LogP) is -0.673. The molecule has 1 atom stereocenters. The molecule has 0 aromatic carbocycles. The predicted molar refractivity (Wildman–Crippen MR) is 52.4 cm³/mol. The van der Waals surface area contributed by atoms with Crippen molar-refractivity contribution in [2.75, 3.05) is 6.54 Å². The second-order valence-corrected chi connectivity index (χ2v) is 3.60. The van der Waals surface area contributed by atoms with Gasteiger partial charge in [0.05, 0.1) is 0 Å². The number of nitrogens with zero attached hydrogens (tertiary/aromatic N) is 3. The number of aromatic nitrogens is 2. The first-order valence-electron chi connectivity index (χ1n) is 5.01. The van der Waals surface area contributed by atoms with Crippen LogP contribution >= 0.6 is 0 Å². The minimum absolute atomic E-state index is 0.113. The second-order valence-electron chi connectivity index (χ2n) is 3.60. The largest absolute Gasteiger partial charge is 0.343 e. The van der Waals surface area contributed by atoms with Crippen molar-refractivity contribution in [3.8, 4) is 0 Å². The lowest BCUT2D eigenvalue weighted by atomic mass is 10.1. The van der Waals surface area contributed by atoms with Crippen molar-refractivity contribution in [2.45, 2.75) is 13.3 Å². The minimum Gasteiger partial charge on any atom is -0.343 e. The molecule has 0 bridgehead atoms. The van der Waals surface area contributed by atoms with E-state index in [0.717, 1.165) is 4.90 Å². The van der Waals surface area contributed by atoms with Crippen LogP contribution in [0.2, 0.25) is 0 Å². The van der Waals surface area contributed by atoms with Crippen LogP contribution < -0.4 is 5.32 Å². The van der Waals surface area contributed by atoms with Crippen LogP contribution in [0.5, 0.6) is 0 Å². The van der Waals surface area contributed by atoms with Crippen LogP contribution in [0.25, 0.3) is 0 Å². The van der Waals surface area contributed by atoms with Gasteiger partial charge in [-0.25, -0.2) is 4.79 Å². The van der Waals surface area contributed by atoms with E-state index in [1.165, 1.54) is 13.3 Å². The summed E-state index contributed by atoms with van der Waals surface area (Å²) >= 11 is 0. The molecule has 1 aliphatic rings. The van der Waals surface area contributed by atoms with Crippen molar-refractivity contribution in [2.24, 2.45) is 5.92 Å². The van der Waals surface area contributed by atoms with Gasteiger partial charge in [-0.15, -0.1) is 0 Å². The van der Waals surface area contributed by atoms with Gasteiger partial charge in [-0.05, 0) is 6.92 Å². The Morgan fingerprint density at radius 3 is 2.88 bits per heavy atom. The first-order chi connectivity index (χ1) is 8.09. The lowest BCUT2D eigenvalue weighted by molar-refractivity contribution is -0.141. The van der Waals surface area contributed by atoms with Crippen molar-refractivity contribution in [1.29, 1.82) is 0 Å². The standard InChI is InChI=1S/C9H10N4O4/c1-5-7(14)11-9(16)13(8(5)15)3-2-6-10-4-17-12-6/h4-5H,2-3H2,1H3,(H,11,14,16). The number of urea groups is 1. The number of imide groups is 2. The SMILES string of the molecule is CC1C(=O)NC(=O)N(CCc2ncon2)C1=O. The quantitative estimate of drug-likeness (QED) is 0.700. The smallest absolute Gasteiger partial charge is 0.330 e. The van der Waals surface area contributed by atoms with E-state index in [1.807, 2.05) is 0 Å². The summed E-state index contributed by atoms with van der Waals surface area (Å²) in [4.78, 5) is 39.0. The van der Waals surface area contributed by atoms with Crippen LogP contribution in [0, 0.1) is 5.92 Å². The van der Waals surface area contributed by atoms with E-state index >= 15 is 0 Å². The van der Waals surface area contributed by atoms with Gasteiger partial charge >= 0.3 is 6.03 Å². The molecule has 17 heavy (non-hydrogen) atoms. The fraction of sp³-hybridized carbons (Fsp3) is 0.444. The van der Waals surface area contributed by atoms with E-state index in [0.29, 0.717) is 5.82 Å². The zero-order valence-corrected chi connectivity index (χ0v) is 9.04. The number of nitrogens with one attached hydrogen (secondary N) is 1. The zero-order valence-electron chi connectivity index (χ0n) is 9.04. The van der Waals surface area contributed by atoms with Crippen LogP contribution in [0.3, 0.4) is 0 Å². The van der Waals surface area contributed by atoms with Crippen LogP contribution in [0.1, 0.15) is 12.7 Å². The first-order valence-corrected chi connectivity index (χ1v) is 5.01. The van der Waals surface area contributed by atoms with Gasteiger partial charge in [0.15, 0.2) is 5.82 Å². The molecule has 2 heterocycles. The molecule has 1 aromatic rings. The summed E-state index contributed by atoms with van der Waals surface area (Å²) in [6, 6.07) is -0.707. The molecule has 90 valence electrons. The topological polar surface area (TPSA) is 105 Å². The molecule has 0 radical (unpaired) electrons. The summed E-state index contributed by atoms with van der Waals surface area (Å²) in [5.41, 5.74) is 0. The van der Waals surface area contributed by atoms with Gasteiger partial charge in [-0.1, -0.05) is 5.16 Å². The van der Waals surface area contributed by atoms with E-state index < -0.39 is 23.8 Å². The second kappa shape index (κ2) is 4.32. The van der Waals surface area contributed by atoms with Crippen LogP contribution in [0.4, 0.5) is 4.79 Å². The van der Waals surface area contributed by atoms with Gasteiger partial charge in [0.1, 0.15) is 5.92 Å². The monoisotopic (exact) mass is 238 g/mol. The minimum atomic E-state index is -0.849. The number of barbiturate groups is 1. The Morgan fingerprint density at radius 2 is 2.24 bits per heavy atom. The molecule has 1 saturated heterocycles. The molecule has 1 unspecified atom stereocenters. The summed E-state index contributed by atoms with van der Waals surface area (Å²) in [6.07, 6.45) is 1.45. The highest BCUT2D eigenvalue weighted by Gasteiger charge is 2.37. The van der Waals surface area contributed by atoms with Gasteiger partial charge in [0, 0.05) is 13.0 Å². The fourth-order valence-corrected chi connectivity index (χ4v) is 1.45. The summed E-state index contributed by atoms with van der Waals surface area (Å²) < 4.78 is 4.53. The van der Waals surface area contributed by atoms with Crippen molar-refractivity contribution in [1.82, 2.24) is 20.4 Å². The summed E-state index contributed by atoms with van der Waals surface area (Å²) in [5.74, 6) is -1.54. The molecule has 1 aliphatic heterocycles. The molecular weight excluding hydrogens is 228 g/mol. The number of rotatable bonds is 3. The van der Waals surface area contributed by atoms with Crippen LogP contribution in [0.15, 0.2) is 10.9 Å². The third-order valence-electron chi connectivity index (χ3n) is 2.47. The molecule has 0 aliphatic carbocycles. The molecule has 0 spiro atoms. The Hall–Kier alpha value is -2.25. The van der Waals surface area contributed by atoms with Crippen LogP contribution in [-0.2, 0) is 16.0 Å². The molecule has 1 fully saturated rings. The number of carbonyl (C=O) groups is 3. The Morgan fingerprint density at radius 1 is 1.47 bits per heavy atom. The van der Waals surface area contributed by atoms with Gasteiger partial charge in [-0.3, -0.25) is 19.8 Å². The van der Waals surface area contributed by atoms with Gasteiger partial charge in [-0.2, -0.15) is 4.98 Å². The molecule has 0 saturated carbocycles. The highest BCUT2D eigenvalue weighted by atomic mass is 16.5. The van der Waals surface area contributed by atoms with Crippen LogP contribution in [-0.4, -0.2) is 39.4 Å². The average Bonchev–Trinajstić information content (AvgIpc) is 2.79. The Labute approximate surface area is 96.0 Å². The summed E-state index contributed by atoms with van der Waals surface area (Å²) in [6.45, 7) is 1.56. The maximum atomic E-state index is 11.7. The maximum Gasteiger partial charge on any atom is 0.330 e. The lowest BCUT2D eigenvalue weighted by Crippen LogP contribution is -2.57. The third-order valence-corrected chi connectivity index (χ3v) is 2.47. The normalized spacial score (nSPS) is 20.6. The van der Waals surface area contributed by atoms with E-state index in [9.17, 15) is 14.4 Å². The third kappa shape index (κ3) is 2.14. The van der Waals surface area contributed by atoms with Crippen molar-refractivity contribution >= 4 is 17.8 Å². The molecule has 8 heteroatoms. The Balaban J connectivity index is 2.02. The Kier molecular flexibility index (Phi) is 2.86. The fourth-order valence-electron chi connectivity index (χ4n) is 1.45. The lowest BCUT2D eigenvalue weighted by Gasteiger charge is -2.27. The number of hydrogen-bond donors (Lipinski definition) is 1. The molecular formula is C9H10N4O4. The van der Waals surface area contributed by atoms with Crippen molar-refractivity contribution in [3.05, 3.63) is 12.2 Å². The van der Waals surface area contributed by atoms with E-state index in [2.05, 4.69) is 20.0 Å².